The molecule has 1 aliphatic rings. The van der Waals surface area contributed by atoms with Crippen molar-refractivity contribution in [3.63, 3.8) is 0 Å². The topological polar surface area (TPSA) is 75.4 Å². The molecule has 0 radical (unpaired) electrons. The number of rotatable bonds is 3. The highest BCUT2D eigenvalue weighted by atomic mass is 35.5. The van der Waals surface area contributed by atoms with E-state index < -0.39 is 0 Å². The minimum Gasteiger partial charge on any atom is -0.399 e. The number of piperidine rings is 1. The molecule has 114 valence electrons. The molecule has 0 unspecified atom stereocenters. The molecular weight excluding hydrogens is 290 g/mol. The SMILES string of the molecule is CCC(=O)NC1CCN(C(=O)c2cc(N)cc(Cl)c2)CC1. The van der Waals surface area contributed by atoms with Gasteiger partial charge in [-0.05, 0) is 31.0 Å². The van der Waals surface area contributed by atoms with Gasteiger partial charge < -0.3 is 16.0 Å². The summed E-state index contributed by atoms with van der Waals surface area (Å²) in [6.07, 6.45) is 2.03. The second-order valence-corrected chi connectivity index (χ2v) is 5.70. The maximum Gasteiger partial charge on any atom is 0.253 e. The lowest BCUT2D eigenvalue weighted by atomic mass is 10.0. The number of anilines is 1. The summed E-state index contributed by atoms with van der Waals surface area (Å²) in [5, 5.41) is 3.43. The van der Waals surface area contributed by atoms with Gasteiger partial charge in [0.2, 0.25) is 5.91 Å². The van der Waals surface area contributed by atoms with E-state index in [1.807, 2.05) is 6.92 Å². The number of nitrogens with zero attached hydrogens (tertiary/aromatic N) is 1. The Kier molecular flexibility index (Phi) is 5.07. The van der Waals surface area contributed by atoms with Gasteiger partial charge in [-0.15, -0.1) is 0 Å². The van der Waals surface area contributed by atoms with Crippen LogP contribution in [0.4, 0.5) is 5.69 Å². The Bertz CT molecular complexity index is 519. The summed E-state index contributed by atoms with van der Waals surface area (Å²) in [4.78, 5) is 25.6. The van der Waals surface area contributed by atoms with Crippen molar-refractivity contribution in [2.24, 2.45) is 0 Å². The number of carbonyl (C=O) groups is 2. The fourth-order valence-corrected chi connectivity index (χ4v) is 2.72. The molecule has 5 nitrogen and oxygen atoms in total. The zero-order valence-corrected chi connectivity index (χ0v) is 12.8. The van der Waals surface area contributed by atoms with Crippen LogP contribution in [0.1, 0.15) is 36.5 Å². The first-order chi connectivity index (χ1) is 9.99. The Hall–Kier alpha value is -1.75. The number of nitrogens with two attached hydrogens (primary N) is 1. The molecule has 0 atom stereocenters. The van der Waals surface area contributed by atoms with Gasteiger partial charge in [0.25, 0.3) is 5.91 Å². The van der Waals surface area contributed by atoms with Crippen molar-refractivity contribution in [1.29, 1.82) is 0 Å². The number of carbonyl (C=O) groups excluding carboxylic acids is 2. The lowest BCUT2D eigenvalue weighted by Gasteiger charge is -2.32. The molecular formula is C15H20ClN3O2. The molecule has 1 aromatic carbocycles. The highest BCUT2D eigenvalue weighted by Gasteiger charge is 2.24. The number of hydrogen-bond acceptors (Lipinski definition) is 3. The highest BCUT2D eigenvalue weighted by Crippen LogP contribution is 2.20. The fourth-order valence-electron chi connectivity index (χ4n) is 2.48. The van der Waals surface area contributed by atoms with Crippen LogP contribution in [0.25, 0.3) is 0 Å². The summed E-state index contributed by atoms with van der Waals surface area (Å²) in [7, 11) is 0. The Morgan fingerprint density at radius 1 is 1.33 bits per heavy atom. The van der Waals surface area contributed by atoms with E-state index in [9.17, 15) is 9.59 Å². The van der Waals surface area contributed by atoms with Crippen LogP contribution in [-0.4, -0.2) is 35.8 Å². The molecule has 21 heavy (non-hydrogen) atoms. The van der Waals surface area contributed by atoms with E-state index in [1.165, 1.54) is 0 Å². The molecule has 2 rings (SSSR count). The number of benzene rings is 1. The van der Waals surface area contributed by atoms with Gasteiger partial charge in [0.1, 0.15) is 0 Å². The van der Waals surface area contributed by atoms with Crippen LogP contribution in [0.2, 0.25) is 5.02 Å². The van der Waals surface area contributed by atoms with Crippen molar-refractivity contribution in [2.75, 3.05) is 18.8 Å². The van der Waals surface area contributed by atoms with Crippen LogP contribution in [0.3, 0.4) is 0 Å². The minimum absolute atomic E-state index is 0.0578. The molecule has 1 heterocycles. The van der Waals surface area contributed by atoms with E-state index in [0.29, 0.717) is 35.8 Å². The van der Waals surface area contributed by atoms with Crippen LogP contribution in [0.15, 0.2) is 18.2 Å². The molecule has 1 fully saturated rings. The van der Waals surface area contributed by atoms with E-state index in [4.69, 9.17) is 17.3 Å². The fraction of sp³-hybridized carbons (Fsp3) is 0.467. The van der Waals surface area contributed by atoms with Crippen molar-refractivity contribution in [3.8, 4) is 0 Å². The molecule has 1 saturated heterocycles. The normalized spacial score (nSPS) is 15.8. The quantitative estimate of drug-likeness (QED) is 0.839. The minimum atomic E-state index is -0.0653. The predicted octanol–water partition coefficient (Wildman–Crippen LogP) is 2.05. The standard InChI is InChI=1S/C15H20ClN3O2/c1-2-14(20)18-13-3-5-19(6-4-13)15(21)10-7-11(16)9-12(17)8-10/h7-9,13H,2-6,17H2,1H3,(H,18,20). The molecule has 0 bridgehead atoms. The van der Waals surface area contributed by atoms with E-state index in [-0.39, 0.29) is 17.9 Å². The van der Waals surface area contributed by atoms with Crippen LogP contribution < -0.4 is 11.1 Å². The molecule has 3 N–H and O–H groups in total. The van der Waals surface area contributed by atoms with Crippen LogP contribution in [-0.2, 0) is 4.79 Å². The third kappa shape index (κ3) is 4.11. The van der Waals surface area contributed by atoms with E-state index in [2.05, 4.69) is 5.32 Å². The molecule has 0 aromatic heterocycles. The van der Waals surface area contributed by atoms with Gasteiger partial charge in [0, 0.05) is 41.8 Å². The smallest absolute Gasteiger partial charge is 0.253 e. The number of nitrogen functional groups attached to an aromatic ring is 1. The average Bonchev–Trinajstić information content (AvgIpc) is 2.46. The Morgan fingerprint density at radius 3 is 2.57 bits per heavy atom. The zero-order chi connectivity index (χ0) is 15.4. The Morgan fingerprint density at radius 2 is 2.00 bits per heavy atom. The van der Waals surface area contributed by atoms with E-state index in [1.54, 1.807) is 23.1 Å². The summed E-state index contributed by atoms with van der Waals surface area (Å²) in [6.45, 7) is 3.08. The maximum absolute atomic E-state index is 12.4. The van der Waals surface area contributed by atoms with Gasteiger partial charge >= 0.3 is 0 Å². The predicted molar refractivity (Wildman–Crippen MR) is 83.2 cm³/mol. The molecule has 0 spiro atoms. The Labute approximate surface area is 129 Å². The maximum atomic E-state index is 12.4. The number of amides is 2. The first-order valence-corrected chi connectivity index (χ1v) is 7.52. The van der Waals surface area contributed by atoms with Crippen LogP contribution in [0, 0.1) is 0 Å². The van der Waals surface area contributed by atoms with Crippen molar-refractivity contribution >= 4 is 29.1 Å². The Balaban J connectivity index is 1.95. The van der Waals surface area contributed by atoms with Crippen LogP contribution >= 0.6 is 11.6 Å². The van der Waals surface area contributed by atoms with Gasteiger partial charge in [-0.2, -0.15) is 0 Å². The van der Waals surface area contributed by atoms with Crippen LogP contribution in [0.5, 0.6) is 0 Å². The van der Waals surface area contributed by atoms with Crippen molar-refractivity contribution in [3.05, 3.63) is 28.8 Å². The number of halogens is 1. The number of likely N-dealkylation sites (tertiary alicyclic amines) is 1. The summed E-state index contributed by atoms with van der Waals surface area (Å²) in [5.74, 6) is -0.00754. The van der Waals surface area contributed by atoms with Gasteiger partial charge in [-0.25, -0.2) is 0 Å². The second kappa shape index (κ2) is 6.80. The van der Waals surface area contributed by atoms with Crippen molar-refractivity contribution < 1.29 is 9.59 Å². The van der Waals surface area contributed by atoms with E-state index in [0.717, 1.165) is 12.8 Å². The zero-order valence-electron chi connectivity index (χ0n) is 12.1. The first-order valence-electron chi connectivity index (χ1n) is 7.14. The van der Waals surface area contributed by atoms with Gasteiger partial charge in [0.05, 0.1) is 0 Å². The molecule has 1 aromatic rings. The summed E-state index contributed by atoms with van der Waals surface area (Å²) in [6, 6.07) is 5.04. The lowest BCUT2D eigenvalue weighted by molar-refractivity contribution is -0.121. The monoisotopic (exact) mass is 309 g/mol. The lowest BCUT2D eigenvalue weighted by Crippen LogP contribution is -2.46. The molecule has 0 saturated carbocycles. The van der Waals surface area contributed by atoms with Crippen molar-refractivity contribution in [1.82, 2.24) is 10.2 Å². The third-order valence-electron chi connectivity index (χ3n) is 3.64. The summed E-state index contributed by atoms with van der Waals surface area (Å²) in [5.41, 5.74) is 6.71. The van der Waals surface area contributed by atoms with Gasteiger partial charge in [-0.3, -0.25) is 9.59 Å². The van der Waals surface area contributed by atoms with E-state index >= 15 is 0 Å². The van der Waals surface area contributed by atoms with Gasteiger partial charge in [-0.1, -0.05) is 18.5 Å². The average molecular weight is 310 g/mol. The molecule has 0 aliphatic carbocycles. The van der Waals surface area contributed by atoms with Gasteiger partial charge in [0.15, 0.2) is 0 Å². The molecule has 2 amide bonds. The number of nitrogens with one attached hydrogen (secondary N) is 1. The second-order valence-electron chi connectivity index (χ2n) is 5.26. The molecule has 6 heteroatoms. The molecule has 1 aliphatic heterocycles. The third-order valence-corrected chi connectivity index (χ3v) is 3.85. The summed E-state index contributed by atoms with van der Waals surface area (Å²) < 4.78 is 0. The largest absolute Gasteiger partial charge is 0.399 e. The highest BCUT2D eigenvalue weighted by molar-refractivity contribution is 6.31. The van der Waals surface area contributed by atoms with Crippen molar-refractivity contribution in [2.45, 2.75) is 32.2 Å². The summed E-state index contributed by atoms with van der Waals surface area (Å²) >= 11 is 5.93. The number of hydrogen-bond donors (Lipinski definition) is 2. The first kappa shape index (κ1) is 15.6.